The lowest BCUT2D eigenvalue weighted by Crippen LogP contribution is -2.18. The largest absolute Gasteiger partial charge is 0.235 e. The van der Waals surface area contributed by atoms with Crippen LogP contribution in [0.5, 0.6) is 0 Å². The van der Waals surface area contributed by atoms with E-state index in [0.717, 1.165) is 10.2 Å². The van der Waals surface area contributed by atoms with Gasteiger partial charge in [0.05, 0.1) is 10.2 Å². The van der Waals surface area contributed by atoms with E-state index < -0.39 is 0 Å². The second-order valence-corrected chi connectivity index (χ2v) is 8.63. The van der Waals surface area contributed by atoms with Crippen molar-refractivity contribution >= 4 is 43.2 Å². The summed E-state index contributed by atoms with van der Waals surface area (Å²) in [6.07, 6.45) is 2.72. The number of aromatic nitrogens is 2. The molecule has 1 aliphatic carbocycles. The highest BCUT2D eigenvalue weighted by Gasteiger charge is 2.43. The first-order valence-corrected chi connectivity index (χ1v) is 8.37. The van der Waals surface area contributed by atoms with Gasteiger partial charge in [-0.15, -0.1) is 11.3 Å². The summed E-state index contributed by atoms with van der Waals surface area (Å²) in [5.41, 5.74) is 4.33. The average molecular weight is 317 g/mol. The maximum atomic E-state index is 6.27. The van der Waals surface area contributed by atoms with Gasteiger partial charge in [-0.1, -0.05) is 51.4 Å². The van der Waals surface area contributed by atoms with E-state index in [0.29, 0.717) is 5.15 Å². The van der Waals surface area contributed by atoms with Crippen LogP contribution < -0.4 is 0 Å². The normalized spacial score (nSPS) is 19.3. The molecular weight excluding hydrogens is 300 g/mol. The van der Waals surface area contributed by atoms with Crippen LogP contribution >= 0.6 is 22.9 Å². The molecule has 0 spiro atoms. The van der Waals surface area contributed by atoms with Crippen LogP contribution in [0, 0.1) is 0 Å². The molecule has 2 aromatic heterocycles. The molecule has 0 N–H and O–H groups in total. The minimum absolute atomic E-state index is 0.180. The van der Waals surface area contributed by atoms with Crippen molar-refractivity contribution in [3.8, 4) is 0 Å². The summed E-state index contributed by atoms with van der Waals surface area (Å²) in [6.45, 7) is 9.37. The summed E-state index contributed by atoms with van der Waals surface area (Å²) < 4.78 is 2.34. The molecule has 0 amide bonds. The lowest BCUT2D eigenvalue weighted by Gasteiger charge is -2.22. The Kier molecular flexibility index (Phi) is 2.54. The molecule has 2 heterocycles. The fourth-order valence-electron chi connectivity index (χ4n) is 4.14. The van der Waals surface area contributed by atoms with Crippen molar-refractivity contribution in [2.24, 2.45) is 0 Å². The Balaban J connectivity index is 2.21. The number of nitrogens with zero attached hydrogens (tertiary/aromatic N) is 2. The number of thiophene rings is 1. The Labute approximate surface area is 133 Å². The van der Waals surface area contributed by atoms with Crippen LogP contribution in [0.4, 0.5) is 0 Å². The van der Waals surface area contributed by atoms with Gasteiger partial charge >= 0.3 is 0 Å². The van der Waals surface area contributed by atoms with E-state index >= 15 is 0 Å². The summed E-state index contributed by atoms with van der Waals surface area (Å²) >= 11 is 8.01. The van der Waals surface area contributed by atoms with E-state index in [1.807, 2.05) is 0 Å². The van der Waals surface area contributed by atoms with E-state index in [1.54, 1.807) is 17.7 Å². The third-order valence-electron chi connectivity index (χ3n) is 4.67. The zero-order valence-electron chi connectivity index (χ0n) is 12.6. The van der Waals surface area contributed by atoms with E-state index in [2.05, 4.69) is 49.8 Å². The summed E-state index contributed by atoms with van der Waals surface area (Å²) in [4.78, 5) is 8.58. The molecule has 1 aromatic carbocycles. The molecule has 0 atom stereocenters. The maximum Gasteiger partial charge on any atom is 0.150 e. The Morgan fingerprint density at radius 1 is 1.05 bits per heavy atom. The zero-order chi connectivity index (χ0) is 15.0. The van der Waals surface area contributed by atoms with Crippen LogP contribution in [0.25, 0.3) is 20.3 Å². The first kappa shape index (κ1) is 13.5. The van der Waals surface area contributed by atoms with Crippen molar-refractivity contribution < 1.29 is 0 Å². The van der Waals surface area contributed by atoms with Crippen LogP contribution in [-0.4, -0.2) is 9.97 Å². The number of halogens is 1. The van der Waals surface area contributed by atoms with Gasteiger partial charge in [0.2, 0.25) is 0 Å². The van der Waals surface area contributed by atoms with Crippen LogP contribution in [0.2, 0.25) is 5.15 Å². The highest BCUT2D eigenvalue weighted by atomic mass is 35.5. The first-order valence-electron chi connectivity index (χ1n) is 7.18. The Morgan fingerprint density at radius 2 is 1.81 bits per heavy atom. The molecule has 4 rings (SSSR count). The zero-order valence-corrected chi connectivity index (χ0v) is 14.2. The van der Waals surface area contributed by atoms with E-state index in [1.165, 1.54) is 27.6 Å². The van der Waals surface area contributed by atoms with Gasteiger partial charge in [-0.05, 0) is 28.4 Å². The van der Waals surface area contributed by atoms with Gasteiger partial charge in [-0.2, -0.15) is 0 Å². The third kappa shape index (κ3) is 1.71. The lowest BCUT2D eigenvalue weighted by molar-refractivity contribution is 0.404. The van der Waals surface area contributed by atoms with Crippen LogP contribution in [0.15, 0.2) is 18.5 Å². The molecule has 0 saturated heterocycles. The topological polar surface area (TPSA) is 25.8 Å². The van der Waals surface area contributed by atoms with Crippen molar-refractivity contribution in [3.05, 3.63) is 34.7 Å². The van der Waals surface area contributed by atoms with Crippen LogP contribution in [-0.2, 0) is 10.8 Å². The number of benzene rings is 1. The van der Waals surface area contributed by atoms with Gasteiger partial charge in [0.15, 0.2) is 0 Å². The first-order chi connectivity index (χ1) is 9.81. The number of hydrogen-bond donors (Lipinski definition) is 0. The molecule has 0 bridgehead atoms. The molecule has 0 aliphatic heterocycles. The molecule has 0 fully saturated rings. The van der Waals surface area contributed by atoms with Crippen molar-refractivity contribution in [1.82, 2.24) is 9.97 Å². The van der Waals surface area contributed by atoms with Crippen LogP contribution in [0.1, 0.15) is 45.2 Å². The van der Waals surface area contributed by atoms with Gasteiger partial charge in [-0.3, -0.25) is 0 Å². The minimum atomic E-state index is 0.180. The van der Waals surface area contributed by atoms with Gasteiger partial charge in [-0.25, -0.2) is 9.97 Å². The van der Waals surface area contributed by atoms with Crippen molar-refractivity contribution in [3.63, 3.8) is 0 Å². The predicted molar refractivity (Wildman–Crippen MR) is 90.6 cm³/mol. The molecule has 1 aliphatic rings. The molecule has 21 heavy (non-hydrogen) atoms. The van der Waals surface area contributed by atoms with Crippen molar-refractivity contribution in [2.45, 2.75) is 44.9 Å². The Morgan fingerprint density at radius 3 is 2.57 bits per heavy atom. The van der Waals surface area contributed by atoms with Gasteiger partial charge < -0.3 is 0 Å². The molecule has 108 valence electrons. The molecule has 0 saturated carbocycles. The van der Waals surface area contributed by atoms with Gasteiger partial charge in [0.1, 0.15) is 11.5 Å². The second-order valence-electron chi connectivity index (χ2n) is 7.25. The van der Waals surface area contributed by atoms with Crippen molar-refractivity contribution in [2.75, 3.05) is 0 Å². The quantitative estimate of drug-likeness (QED) is 0.515. The van der Waals surface area contributed by atoms with E-state index in [-0.39, 0.29) is 10.8 Å². The summed E-state index contributed by atoms with van der Waals surface area (Å²) in [7, 11) is 0. The molecule has 0 unspecified atom stereocenters. The predicted octanol–water partition coefficient (Wildman–Crippen LogP) is 5.46. The number of fused-ring (bicyclic) bond motifs is 5. The lowest BCUT2D eigenvalue weighted by atomic mass is 9.82. The van der Waals surface area contributed by atoms with Crippen LogP contribution in [0.3, 0.4) is 0 Å². The van der Waals surface area contributed by atoms with Gasteiger partial charge in [0.25, 0.3) is 0 Å². The third-order valence-corrected chi connectivity index (χ3v) is 6.28. The van der Waals surface area contributed by atoms with Crippen molar-refractivity contribution in [1.29, 1.82) is 0 Å². The molecule has 4 heteroatoms. The summed E-state index contributed by atoms with van der Waals surface area (Å²) in [5, 5.41) is 1.77. The molecular formula is C17H17ClN2S. The Bertz CT molecular complexity index is 893. The molecule has 3 aromatic rings. The summed E-state index contributed by atoms with van der Waals surface area (Å²) in [5.74, 6) is 0. The Hall–Kier alpha value is -1.19. The monoisotopic (exact) mass is 316 g/mol. The maximum absolute atomic E-state index is 6.27. The molecule has 2 nitrogen and oxygen atoms in total. The minimum Gasteiger partial charge on any atom is -0.235 e. The average Bonchev–Trinajstić information content (AvgIpc) is 2.84. The fraction of sp³-hybridized carbons (Fsp3) is 0.412. The van der Waals surface area contributed by atoms with E-state index in [4.69, 9.17) is 11.6 Å². The second kappa shape index (κ2) is 3.96. The number of hydrogen-bond acceptors (Lipinski definition) is 3. The fourth-order valence-corrected chi connectivity index (χ4v) is 5.75. The standard InChI is InChI=1S/C17H17ClN2S/c1-16(2)7-17(3,4)11-10(16)6-5-9-12-14(21-13(9)11)15(18)20-8-19-12/h5-6,8H,7H2,1-4H3. The van der Waals surface area contributed by atoms with Gasteiger partial charge in [0, 0.05) is 10.1 Å². The molecule has 0 radical (unpaired) electrons. The number of rotatable bonds is 0. The highest BCUT2D eigenvalue weighted by molar-refractivity contribution is 7.26. The van der Waals surface area contributed by atoms with E-state index in [9.17, 15) is 0 Å². The highest BCUT2D eigenvalue weighted by Crippen LogP contribution is 2.54. The smallest absolute Gasteiger partial charge is 0.150 e. The SMILES string of the molecule is CC1(C)CC(C)(C)c2c1ccc1c2sc2c(Cl)ncnc21. The summed E-state index contributed by atoms with van der Waals surface area (Å²) in [6, 6.07) is 4.49.